The quantitative estimate of drug-likeness (QED) is 0.768. The van der Waals surface area contributed by atoms with Gasteiger partial charge in [0, 0.05) is 27.1 Å². The molecule has 0 aliphatic rings. The Morgan fingerprint density at radius 1 is 1.05 bits per heavy atom. The lowest BCUT2D eigenvalue weighted by Crippen LogP contribution is -2.24. The van der Waals surface area contributed by atoms with E-state index in [1.165, 1.54) is 4.90 Å². The predicted octanol–water partition coefficient (Wildman–Crippen LogP) is 3.24. The second-order valence-corrected chi connectivity index (χ2v) is 6.62. The molecule has 0 saturated carbocycles. The fraction of sp³-hybridized carbons (Fsp3) is 0.188. The first-order chi connectivity index (χ1) is 9.69. The summed E-state index contributed by atoms with van der Waals surface area (Å²) in [6, 6.07) is 15.9. The number of hydrogen-bond donors (Lipinski definition) is 0. The van der Waals surface area contributed by atoms with Crippen LogP contribution in [0.5, 0.6) is 0 Å². The van der Waals surface area contributed by atoms with Gasteiger partial charge in [-0.05, 0) is 41.6 Å². The highest BCUT2D eigenvalue weighted by atomic mass is 32.2. The van der Waals surface area contributed by atoms with Crippen molar-refractivity contribution < 1.29 is 9.90 Å². The number of hydrogen-bond acceptors (Lipinski definition) is 4. The van der Waals surface area contributed by atoms with Gasteiger partial charge in [0.2, 0.25) is 0 Å². The zero-order chi connectivity index (χ0) is 14.4. The maximum absolute atomic E-state index is 10.8. The zero-order valence-corrected chi connectivity index (χ0v) is 12.8. The van der Waals surface area contributed by atoms with Gasteiger partial charge in [0.15, 0.2) is 0 Å². The van der Waals surface area contributed by atoms with Gasteiger partial charge in [0.25, 0.3) is 0 Å². The van der Waals surface area contributed by atoms with Gasteiger partial charge < -0.3 is 9.90 Å². The van der Waals surface area contributed by atoms with E-state index in [1.54, 1.807) is 23.5 Å². The van der Waals surface area contributed by atoms with E-state index in [-0.39, 0.29) is 6.42 Å². The molecule has 104 valence electrons. The largest absolute Gasteiger partial charge is 0.550 e. The zero-order valence-electron chi connectivity index (χ0n) is 11.2. The van der Waals surface area contributed by atoms with Crippen molar-refractivity contribution in [1.82, 2.24) is 0 Å². The molecule has 0 aliphatic heterocycles. The smallest absolute Gasteiger partial charge is 0.0458 e. The minimum absolute atomic E-state index is 0.0487. The molecule has 0 heterocycles. The maximum Gasteiger partial charge on any atom is 0.0458 e. The number of carbonyl (C=O) groups is 1. The molecule has 0 spiro atoms. The lowest BCUT2D eigenvalue weighted by atomic mass is 10.1. The third-order valence-corrected chi connectivity index (χ3v) is 4.69. The third kappa shape index (κ3) is 4.32. The van der Waals surface area contributed by atoms with Crippen LogP contribution in [-0.4, -0.2) is 11.7 Å². The molecule has 4 heteroatoms. The highest BCUT2D eigenvalue weighted by molar-refractivity contribution is 7.99. The summed E-state index contributed by atoms with van der Waals surface area (Å²) >= 11 is 3.39. The third-order valence-electron chi connectivity index (χ3n) is 2.67. The molecule has 0 bridgehead atoms. The fourth-order valence-corrected chi connectivity index (χ4v) is 3.41. The van der Waals surface area contributed by atoms with E-state index in [9.17, 15) is 9.90 Å². The molecule has 0 unspecified atom stereocenters. The average molecular weight is 303 g/mol. The summed E-state index contributed by atoms with van der Waals surface area (Å²) in [6.07, 6.45) is -0.0487. The molecular weight excluding hydrogens is 288 g/mol. The molecule has 0 aromatic heterocycles. The molecule has 0 amide bonds. The molecule has 0 fully saturated rings. The summed E-state index contributed by atoms with van der Waals surface area (Å²) in [5.41, 5.74) is 0.796. The van der Waals surface area contributed by atoms with Gasteiger partial charge in [-0.2, -0.15) is 0 Å². The van der Waals surface area contributed by atoms with E-state index in [0.717, 1.165) is 21.1 Å². The van der Waals surface area contributed by atoms with Crippen molar-refractivity contribution in [1.29, 1.82) is 0 Å². The van der Waals surface area contributed by atoms with Crippen LogP contribution in [0.25, 0.3) is 0 Å². The molecule has 0 radical (unpaired) electrons. The first kappa shape index (κ1) is 15.0. The van der Waals surface area contributed by atoms with E-state index >= 15 is 0 Å². The molecule has 2 aromatic carbocycles. The predicted molar refractivity (Wildman–Crippen MR) is 82.1 cm³/mol. The van der Waals surface area contributed by atoms with Crippen LogP contribution in [-0.2, 0) is 11.2 Å². The van der Waals surface area contributed by atoms with Crippen molar-refractivity contribution in [3.8, 4) is 0 Å². The van der Waals surface area contributed by atoms with Gasteiger partial charge in [0.05, 0.1) is 0 Å². The summed E-state index contributed by atoms with van der Waals surface area (Å²) in [5.74, 6) is 0.00810. The highest BCUT2D eigenvalue weighted by Crippen LogP contribution is 2.31. The second kappa shape index (κ2) is 7.41. The van der Waals surface area contributed by atoms with Gasteiger partial charge in [0.1, 0.15) is 0 Å². The van der Waals surface area contributed by atoms with E-state index in [4.69, 9.17) is 0 Å². The van der Waals surface area contributed by atoms with Crippen LogP contribution in [0.15, 0.2) is 63.2 Å². The Labute approximate surface area is 127 Å². The number of thioether (sulfide) groups is 1. The monoisotopic (exact) mass is 303 g/mol. The molecular formula is C16H15O2S2-. The number of carboxylic acid groups (broad SMARTS) is 1. The average Bonchev–Trinajstić information content (AvgIpc) is 2.43. The Kier molecular flexibility index (Phi) is 5.56. The van der Waals surface area contributed by atoms with Gasteiger partial charge >= 0.3 is 0 Å². The Morgan fingerprint density at radius 2 is 1.70 bits per heavy atom. The number of aliphatic carboxylic acids is 1. The van der Waals surface area contributed by atoms with Gasteiger partial charge in [-0.1, -0.05) is 36.9 Å². The van der Waals surface area contributed by atoms with Crippen LogP contribution in [0.4, 0.5) is 0 Å². The minimum atomic E-state index is -1.05. The lowest BCUT2D eigenvalue weighted by molar-refractivity contribution is -0.304. The Bertz CT molecular complexity index is 579. The van der Waals surface area contributed by atoms with Crippen LogP contribution in [0.3, 0.4) is 0 Å². The van der Waals surface area contributed by atoms with Crippen LogP contribution >= 0.6 is 23.5 Å². The van der Waals surface area contributed by atoms with Crippen LogP contribution in [0, 0.1) is 0 Å². The van der Waals surface area contributed by atoms with Crippen LogP contribution < -0.4 is 5.11 Å². The normalized spacial score (nSPS) is 10.4. The minimum Gasteiger partial charge on any atom is -0.550 e. The summed E-state index contributed by atoms with van der Waals surface area (Å²) in [5, 5.41) is 10.8. The lowest BCUT2D eigenvalue weighted by Gasteiger charge is -2.10. The van der Waals surface area contributed by atoms with Crippen molar-refractivity contribution in [3.05, 3.63) is 54.1 Å². The Hall–Kier alpha value is -1.39. The molecule has 0 atom stereocenters. The summed E-state index contributed by atoms with van der Waals surface area (Å²) in [7, 11) is 0. The summed E-state index contributed by atoms with van der Waals surface area (Å²) < 4.78 is 0. The number of benzene rings is 2. The molecule has 0 aliphatic carbocycles. The number of carbonyl (C=O) groups excluding carboxylic acids is 1. The van der Waals surface area contributed by atoms with Crippen LogP contribution in [0.1, 0.15) is 12.5 Å². The maximum atomic E-state index is 10.8. The summed E-state index contributed by atoms with van der Waals surface area (Å²) in [4.78, 5) is 14.1. The van der Waals surface area contributed by atoms with Gasteiger partial charge in [-0.15, -0.1) is 11.8 Å². The van der Waals surface area contributed by atoms with E-state index < -0.39 is 5.97 Å². The van der Waals surface area contributed by atoms with E-state index in [2.05, 4.69) is 31.2 Å². The molecule has 20 heavy (non-hydrogen) atoms. The standard InChI is InChI=1S/C16H16O2S2/c1-2-19-13-7-9-14(10-8-13)20-15-6-4-3-5-12(15)11-16(17)18/h3-10H,2,11H2,1H3,(H,17,18)/p-1. The van der Waals surface area contributed by atoms with E-state index in [1.807, 2.05) is 24.3 Å². The topological polar surface area (TPSA) is 40.1 Å². The summed E-state index contributed by atoms with van der Waals surface area (Å²) in [6.45, 7) is 2.13. The second-order valence-electron chi connectivity index (χ2n) is 4.16. The highest BCUT2D eigenvalue weighted by Gasteiger charge is 2.04. The van der Waals surface area contributed by atoms with Gasteiger partial charge in [-0.25, -0.2) is 0 Å². The van der Waals surface area contributed by atoms with Crippen molar-refractivity contribution in [2.75, 3.05) is 5.75 Å². The van der Waals surface area contributed by atoms with E-state index in [0.29, 0.717) is 0 Å². The Balaban J connectivity index is 2.15. The molecule has 2 rings (SSSR count). The molecule has 2 aromatic rings. The van der Waals surface area contributed by atoms with Crippen molar-refractivity contribution >= 4 is 29.5 Å². The first-order valence-corrected chi connectivity index (χ1v) is 8.17. The molecule has 0 N–H and O–H groups in total. The molecule has 2 nitrogen and oxygen atoms in total. The first-order valence-electron chi connectivity index (χ1n) is 6.37. The van der Waals surface area contributed by atoms with Crippen LogP contribution in [0.2, 0.25) is 0 Å². The number of carboxylic acids is 1. The number of rotatable bonds is 6. The van der Waals surface area contributed by atoms with Gasteiger partial charge in [-0.3, -0.25) is 0 Å². The SMILES string of the molecule is CCSc1ccc(Sc2ccccc2CC(=O)[O-])cc1. The van der Waals surface area contributed by atoms with Crippen molar-refractivity contribution in [2.24, 2.45) is 0 Å². The van der Waals surface area contributed by atoms with Crippen molar-refractivity contribution in [3.63, 3.8) is 0 Å². The fourth-order valence-electron chi connectivity index (χ4n) is 1.80. The Morgan fingerprint density at radius 3 is 2.35 bits per heavy atom. The van der Waals surface area contributed by atoms with Crippen molar-refractivity contribution in [2.45, 2.75) is 28.0 Å². The molecule has 0 saturated heterocycles.